The summed E-state index contributed by atoms with van der Waals surface area (Å²) in [6.07, 6.45) is -0.0306. The number of ether oxygens (including phenoxy) is 2. The number of carboxylic acids is 1. The SMILES string of the molecule is CC(Oc1cccc(CCNCCC(Oc2ccccc2)c2nc3cc(F)ccc3o2)c1)C(=O)O. The lowest BCUT2D eigenvalue weighted by molar-refractivity contribution is -0.144. The zero-order valence-corrected chi connectivity index (χ0v) is 19.3. The van der Waals surface area contributed by atoms with Crippen LogP contribution < -0.4 is 14.8 Å². The molecule has 0 bridgehead atoms. The Morgan fingerprint density at radius 3 is 2.63 bits per heavy atom. The Morgan fingerprint density at radius 2 is 1.83 bits per heavy atom. The largest absolute Gasteiger partial charge is 0.481 e. The van der Waals surface area contributed by atoms with E-state index >= 15 is 0 Å². The monoisotopic (exact) mass is 478 g/mol. The molecule has 0 saturated carbocycles. The van der Waals surface area contributed by atoms with Crippen LogP contribution in [0.2, 0.25) is 0 Å². The lowest BCUT2D eigenvalue weighted by Crippen LogP contribution is -2.23. The normalized spacial score (nSPS) is 12.9. The van der Waals surface area contributed by atoms with Gasteiger partial charge < -0.3 is 24.3 Å². The maximum atomic E-state index is 13.6. The summed E-state index contributed by atoms with van der Waals surface area (Å²) in [5.74, 6) is 0.243. The number of benzene rings is 3. The number of rotatable bonds is 12. The van der Waals surface area contributed by atoms with Crippen molar-refractivity contribution in [1.29, 1.82) is 0 Å². The molecule has 0 aliphatic rings. The summed E-state index contributed by atoms with van der Waals surface area (Å²) >= 11 is 0. The van der Waals surface area contributed by atoms with Crippen molar-refractivity contribution in [2.24, 2.45) is 0 Å². The molecule has 7 nitrogen and oxygen atoms in total. The van der Waals surface area contributed by atoms with Gasteiger partial charge in [0.15, 0.2) is 17.8 Å². The predicted octanol–water partition coefficient (Wildman–Crippen LogP) is 5.16. The number of carbonyl (C=O) groups is 1. The fourth-order valence-electron chi connectivity index (χ4n) is 3.57. The first-order valence-electron chi connectivity index (χ1n) is 11.4. The topological polar surface area (TPSA) is 93.8 Å². The van der Waals surface area contributed by atoms with Crippen molar-refractivity contribution in [2.75, 3.05) is 13.1 Å². The Kier molecular flexibility index (Phi) is 7.95. The Balaban J connectivity index is 1.34. The fraction of sp³-hybridized carbons (Fsp3) is 0.259. The number of nitrogens with one attached hydrogen (secondary N) is 1. The number of hydrogen-bond acceptors (Lipinski definition) is 6. The van der Waals surface area contributed by atoms with Gasteiger partial charge in [-0.05, 0) is 68.4 Å². The van der Waals surface area contributed by atoms with Crippen LogP contribution in [0.4, 0.5) is 4.39 Å². The molecule has 0 aliphatic carbocycles. The molecule has 0 aliphatic heterocycles. The minimum Gasteiger partial charge on any atom is -0.481 e. The number of aromatic nitrogens is 1. The number of carboxylic acid groups (broad SMARTS) is 1. The van der Waals surface area contributed by atoms with E-state index in [1.165, 1.54) is 19.1 Å². The number of fused-ring (bicyclic) bond motifs is 1. The maximum absolute atomic E-state index is 13.6. The minimum absolute atomic E-state index is 0.369. The van der Waals surface area contributed by atoms with E-state index in [1.54, 1.807) is 12.1 Å². The third-order valence-corrected chi connectivity index (χ3v) is 5.40. The van der Waals surface area contributed by atoms with Gasteiger partial charge in [0.25, 0.3) is 0 Å². The van der Waals surface area contributed by atoms with Crippen LogP contribution in [-0.4, -0.2) is 35.3 Å². The minimum atomic E-state index is -1.01. The van der Waals surface area contributed by atoms with Crippen molar-refractivity contribution in [3.8, 4) is 11.5 Å². The zero-order chi connectivity index (χ0) is 24.6. The first-order valence-corrected chi connectivity index (χ1v) is 11.4. The zero-order valence-electron chi connectivity index (χ0n) is 19.3. The van der Waals surface area contributed by atoms with Crippen LogP contribution >= 0.6 is 0 Å². The second kappa shape index (κ2) is 11.5. The van der Waals surface area contributed by atoms with Crippen LogP contribution in [0.3, 0.4) is 0 Å². The fourth-order valence-corrected chi connectivity index (χ4v) is 3.57. The van der Waals surface area contributed by atoms with Crippen molar-refractivity contribution in [3.05, 3.63) is 90.1 Å². The summed E-state index contributed by atoms with van der Waals surface area (Å²) in [7, 11) is 0. The molecule has 0 fully saturated rings. The van der Waals surface area contributed by atoms with E-state index in [1.807, 2.05) is 48.5 Å². The summed E-state index contributed by atoms with van der Waals surface area (Å²) in [5, 5.41) is 12.4. The van der Waals surface area contributed by atoms with Gasteiger partial charge in [0, 0.05) is 12.5 Å². The van der Waals surface area contributed by atoms with Crippen LogP contribution in [0.25, 0.3) is 11.1 Å². The van der Waals surface area contributed by atoms with E-state index in [0.29, 0.717) is 48.0 Å². The molecule has 35 heavy (non-hydrogen) atoms. The molecule has 2 N–H and O–H groups in total. The Bertz CT molecular complexity index is 1260. The first kappa shape index (κ1) is 24.2. The molecule has 2 unspecified atom stereocenters. The van der Waals surface area contributed by atoms with Gasteiger partial charge in [0.1, 0.15) is 22.8 Å². The van der Waals surface area contributed by atoms with E-state index in [0.717, 1.165) is 12.0 Å². The Labute approximate surface area is 202 Å². The molecule has 0 spiro atoms. The van der Waals surface area contributed by atoms with Crippen molar-refractivity contribution in [2.45, 2.75) is 32.0 Å². The van der Waals surface area contributed by atoms with Gasteiger partial charge in [-0.15, -0.1) is 0 Å². The number of nitrogens with zero attached hydrogens (tertiary/aromatic N) is 1. The van der Waals surface area contributed by atoms with Crippen molar-refractivity contribution < 1.29 is 28.2 Å². The van der Waals surface area contributed by atoms with Crippen LogP contribution in [0.15, 0.2) is 77.2 Å². The second-order valence-electron chi connectivity index (χ2n) is 8.12. The molecular formula is C27H27FN2O5. The van der Waals surface area contributed by atoms with Crippen LogP contribution in [0.1, 0.15) is 30.9 Å². The van der Waals surface area contributed by atoms with E-state index < -0.39 is 18.2 Å². The summed E-state index contributed by atoms with van der Waals surface area (Å²) in [6.45, 7) is 2.84. The van der Waals surface area contributed by atoms with Gasteiger partial charge in [-0.3, -0.25) is 0 Å². The first-order chi connectivity index (χ1) is 17.0. The average Bonchev–Trinajstić information content (AvgIpc) is 3.27. The molecule has 2 atom stereocenters. The summed E-state index contributed by atoms with van der Waals surface area (Å²) in [5.41, 5.74) is 2.00. The Morgan fingerprint density at radius 1 is 1.03 bits per heavy atom. The number of para-hydroxylation sites is 1. The van der Waals surface area contributed by atoms with Crippen molar-refractivity contribution in [3.63, 3.8) is 0 Å². The Hall–Kier alpha value is -3.91. The van der Waals surface area contributed by atoms with Gasteiger partial charge in [-0.25, -0.2) is 14.2 Å². The molecule has 0 amide bonds. The number of oxazole rings is 1. The third kappa shape index (κ3) is 6.80. The highest BCUT2D eigenvalue weighted by atomic mass is 19.1. The average molecular weight is 479 g/mol. The molecule has 182 valence electrons. The number of halogens is 1. The van der Waals surface area contributed by atoms with E-state index in [2.05, 4.69) is 10.3 Å². The predicted molar refractivity (Wildman–Crippen MR) is 129 cm³/mol. The molecule has 0 radical (unpaired) electrons. The number of aliphatic carboxylic acids is 1. The molecule has 4 aromatic rings. The highest BCUT2D eigenvalue weighted by Gasteiger charge is 2.20. The van der Waals surface area contributed by atoms with E-state index in [4.69, 9.17) is 19.0 Å². The lowest BCUT2D eigenvalue weighted by atomic mass is 10.1. The quantitative estimate of drug-likeness (QED) is 0.272. The van der Waals surface area contributed by atoms with Gasteiger partial charge in [0.05, 0.1) is 0 Å². The molecular weight excluding hydrogens is 451 g/mol. The van der Waals surface area contributed by atoms with Crippen molar-refractivity contribution in [1.82, 2.24) is 10.3 Å². The smallest absolute Gasteiger partial charge is 0.344 e. The standard InChI is InChI=1S/C27H27FN2O5/c1-18(27(31)32)33-22-9-5-6-19(16-22)12-14-29-15-13-25(34-21-7-3-2-4-8-21)26-30-23-17-20(28)10-11-24(23)35-26/h2-11,16-18,25,29H,12-15H2,1H3,(H,31,32). The van der Waals surface area contributed by atoms with E-state index in [-0.39, 0.29) is 5.82 Å². The second-order valence-corrected chi connectivity index (χ2v) is 8.12. The highest BCUT2D eigenvalue weighted by molar-refractivity contribution is 5.72. The van der Waals surface area contributed by atoms with Gasteiger partial charge >= 0.3 is 5.97 Å². The lowest BCUT2D eigenvalue weighted by Gasteiger charge is -2.16. The highest BCUT2D eigenvalue weighted by Crippen LogP contribution is 2.27. The molecule has 1 aromatic heterocycles. The molecule has 8 heteroatoms. The molecule has 0 saturated heterocycles. The molecule has 3 aromatic carbocycles. The van der Waals surface area contributed by atoms with Crippen LogP contribution in [0, 0.1) is 5.82 Å². The van der Waals surface area contributed by atoms with Gasteiger partial charge in [-0.1, -0.05) is 30.3 Å². The third-order valence-electron chi connectivity index (χ3n) is 5.40. The maximum Gasteiger partial charge on any atom is 0.344 e. The van der Waals surface area contributed by atoms with Gasteiger partial charge in [-0.2, -0.15) is 0 Å². The van der Waals surface area contributed by atoms with E-state index in [9.17, 15) is 9.18 Å². The molecule has 1 heterocycles. The van der Waals surface area contributed by atoms with Crippen molar-refractivity contribution >= 4 is 17.1 Å². The summed E-state index contributed by atoms with van der Waals surface area (Å²) in [4.78, 5) is 15.4. The van der Waals surface area contributed by atoms with Crippen LogP contribution in [-0.2, 0) is 11.2 Å². The molecule has 4 rings (SSSR count). The van der Waals surface area contributed by atoms with Gasteiger partial charge in [0.2, 0.25) is 5.89 Å². The summed E-state index contributed by atoms with van der Waals surface area (Å²) < 4.78 is 31.0. The summed E-state index contributed by atoms with van der Waals surface area (Å²) in [6, 6.07) is 21.1. The van der Waals surface area contributed by atoms with Crippen LogP contribution in [0.5, 0.6) is 11.5 Å². The number of hydrogen-bond donors (Lipinski definition) is 2.